The van der Waals surface area contributed by atoms with Gasteiger partial charge in [-0.2, -0.15) is 0 Å². The van der Waals surface area contributed by atoms with Gasteiger partial charge in [-0.1, -0.05) is 24.3 Å². The van der Waals surface area contributed by atoms with Crippen LogP contribution < -0.4 is 10.6 Å². The predicted octanol–water partition coefficient (Wildman–Crippen LogP) is 1.92. The van der Waals surface area contributed by atoms with Crippen LogP contribution in [0.3, 0.4) is 0 Å². The van der Waals surface area contributed by atoms with E-state index in [2.05, 4.69) is 9.88 Å². The molecular weight excluding hydrogens is 304 g/mol. The van der Waals surface area contributed by atoms with E-state index in [4.69, 9.17) is 5.73 Å². The van der Waals surface area contributed by atoms with Crippen molar-refractivity contribution in [2.75, 3.05) is 38.1 Å². The van der Waals surface area contributed by atoms with Crippen LogP contribution in [0.4, 0.5) is 5.82 Å². The van der Waals surface area contributed by atoms with Crippen molar-refractivity contribution in [1.29, 1.82) is 0 Å². The summed E-state index contributed by atoms with van der Waals surface area (Å²) in [6, 6.07) is 9.78. The van der Waals surface area contributed by atoms with Crippen molar-refractivity contribution < 1.29 is 9.44 Å². The number of pyridine rings is 1. The van der Waals surface area contributed by atoms with E-state index in [0.717, 1.165) is 22.5 Å². The summed E-state index contributed by atoms with van der Waals surface area (Å²) in [4.78, 5) is 18.3. The molecule has 2 aromatic rings. The fraction of sp³-hybridized carbons (Fsp3) is 0.333. The monoisotopic (exact) mass is 326 g/mol. The van der Waals surface area contributed by atoms with Gasteiger partial charge in [-0.05, 0) is 29.7 Å². The Balaban J connectivity index is 2.01. The molecule has 1 aliphatic heterocycles. The van der Waals surface area contributed by atoms with E-state index in [-0.39, 0.29) is 4.65 Å². The molecule has 1 aromatic carbocycles. The Morgan fingerprint density at radius 1 is 1.25 bits per heavy atom. The lowest BCUT2D eigenvalue weighted by Crippen LogP contribution is -2.54. The maximum atomic E-state index is 12.0. The van der Waals surface area contributed by atoms with Crippen LogP contribution >= 0.6 is 0 Å². The maximum Gasteiger partial charge on any atom is 0.250 e. The zero-order valence-corrected chi connectivity index (χ0v) is 14.0. The summed E-state index contributed by atoms with van der Waals surface area (Å²) in [6.45, 7) is 4.35. The van der Waals surface area contributed by atoms with Gasteiger partial charge in [0.2, 0.25) is 0 Å². The number of amides is 1. The first-order valence-electron chi connectivity index (χ1n) is 8.04. The van der Waals surface area contributed by atoms with Crippen LogP contribution in [0.25, 0.3) is 11.1 Å². The van der Waals surface area contributed by atoms with Crippen molar-refractivity contribution in [2.45, 2.75) is 6.92 Å². The number of aromatic nitrogens is 1. The summed E-state index contributed by atoms with van der Waals surface area (Å²) in [5.74, 6) is 0.285. The first-order valence-corrected chi connectivity index (χ1v) is 8.04. The van der Waals surface area contributed by atoms with Crippen LogP contribution in [0.5, 0.6) is 0 Å². The van der Waals surface area contributed by atoms with Crippen molar-refractivity contribution in [3.8, 4) is 11.1 Å². The number of hydroxylamine groups is 3. The number of likely N-dealkylation sites (N-methyl/N-ethyl adjacent to an activating group) is 1. The van der Waals surface area contributed by atoms with E-state index < -0.39 is 5.91 Å². The Morgan fingerprint density at radius 3 is 2.54 bits per heavy atom. The number of nitrogens with zero attached hydrogens (tertiary/aromatic N) is 3. The van der Waals surface area contributed by atoms with Gasteiger partial charge in [-0.25, -0.2) is 4.98 Å². The number of benzene rings is 1. The highest BCUT2D eigenvalue weighted by molar-refractivity contribution is 6.00. The van der Waals surface area contributed by atoms with E-state index in [0.29, 0.717) is 31.7 Å². The van der Waals surface area contributed by atoms with Crippen molar-refractivity contribution in [3.63, 3.8) is 0 Å². The molecule has 2 heterocycles. The van der Waals surface area contributed by atoms with Gasteiger partial charge in [0.05, 0.1) is 38.8 Å². The first-order chi connectivity index (χ1) is 11.4. The second kappa shape index (κ2) is 6.22. The minimum Gasteiger partial charge on any atom is -0.633 e. The maximum absolute atomic E-state index is 12.0. The molecule has 1 aliphatic rings. The normalized spacial score (nSPS) is 16.9. The Bertz CT molecular complexity index is 763. The zero-order chi connectivity index (χ0) is 17.3. The molecule has 126 valence electrons. The Hall–Kier alpha value is -2.44. The van der Waals surface area contributed by atoms with Gasteiger partial charge in [0.25, 0.3) is 5.91 Å². The standard InChI is InChI=1S/C18H22N4O2/c1-13-5-3-4-6-14(13)15-11-17(20-12-16(15)18(19)23)21-7-9-22(2,24)10-8-21/h3-6,11-12H,7-10H2,1-2H3,(H2,19,23). The molecule has 0 spiro atoms. The smallest absolute Gasteiger partial charge is 0.250 e. The number of primary amides is 1. The van der Waals surface area contributed by atoms with Crippen LogP contribution in [0.1, 0.15) is 15.9 Å². The van der Waals surface area contributed by atoms with Crippen molar-refractivity contribution >= 4 is 11.7 Å². The molecule has 1 saturated heterocycles. The van der Waals surface area contributed by atoms with Crippen LogP contribution in [0.2, 0.25) is 0 Å². The van der Waals surface area contributed by atoms with Crippen molar-refractivity contribution in [3.05, 3.63) is 52.9 Å². The molecule has 0 radical (unpaired) electrons. The number of aryl methyl sites for hydroxylation is 1. The average molecular weight is 326 g/mol. The Labute approximate surface area is 141 Å². The van der Waals surface area contributed by atoms with E-state index >= 15 is 0 Å². The lowest BCUT2D eigenvalue weighted by Gasteiger charge is -2.45. The van der Waals surface area contributed by atoms with Crippen LogP contribution in [0.15, 0.2) is 36.5 Å². The molecule has 24 heavy (non-hydrogen) atoms. The molecule has 0 saturated carbocycles. The van der Waals surface area contributed by atoms with Crippen LogP contribution in [-0.2, 0) is 0 Å². The number of hydrogen-bond acceptors (Lipinski definition) is 4. The van der Waals surface area contributed by atoms with Gasteiger partial charge in [-0.15, -0.1) is 0 Å². The van der Waals surface area contributed by atoms with Crippen molar-refractivity contribution in [1.82, 2.24) is 4.98 Å². The highest BCUT2D eigenvalue weighted by atomic mass is 16.5. The summed E-state index contributed by atoms with van der Waals surface area (Å²) in [7, 11) is 1.69. The topological polar surface area (TPSA) is 82.3 Å². The third-order valence-corrected chi connectivity index (χ3v) is 4.60. The largest absolute Gasteiger partial charge is 0.633 e. The molecule has 1 amide bonds. The molecule has 0 unspecified atom stereocenters. The third kappa shape index (κ3) is 3.25. The molecule has 6 nitrogen and oxygen atoms in total. The minimum atomic E-state index is -0.491. The number of nitrogens with two attached hydrogens (primary N) is 1. The van der Waals surface area contributed by atoms with Gasteiger partial charge in [0.15, 0.2) is 0 Å². The molecule has 1 aromatic heterocycles. The number of carbonyl (C=O) groups excluding carboxylic acids is 1. The molecule has 1 fully saturated rings. The van der Waals surface area contributed by atoms with Crippen molar-refractivity contribution in [2.24, 2.45) is 5.73 Å². The number of anilines is 1. The SMILES string of the molecule is Cc1ccccc1-c1cc(N2CC[N+](C)([O-])CC2)ncc1C(N)=O. The minimum absolute atomic E-state index is 0.222. The highest BCUT2D eigenvalue weighted by Gasteiger charge is 2.23. The van der Waals surface area contributed by atoms with E-state index in [1.54, 1.807) is 13.2 Å². The van der Waals surface area contributed by atoms with E-state index in [1.807, 2.05) is 37.3 Å². The molecule has 0 atom stereocenters. The molecular formula is C18H22N4O2. The van der Waals surface area contributed by atoms with Gasteiger partial charge in [0.1, 0.15) is 5.82 Å². The Morgan fingerprint density at radius 2 is 1.92 bits per heavy atom. The fourth-order valence-corrected chi connectivity index (χ4v) is 3.03. The number of carbonyl (C=O) groups is 1. The van der Waals surface area contributed by atoms with E-state index in [9.17, 15) is 10.0 Å². The van der Waals surface area contributed by atoms with Gasteiger partial charge in [-0.3, -0.25) is 4.79 Å². The highest BCUT2D eigenvalue weighted by Crippen LogP contribution is 2.30. The molecule has 3 rings (SSSR count). The second-order valence-corrected chi connectivity index (χ2v) is 6.50. The lowest BCUT2D eigenvalue weighted by atomic mass is 9.97. The second-order valence-electron chi connectivity index (χ2n) is 6.50. The summed E-state index contributed by atoms with van der Waals surface area (Å²) in [6.07, 6.45) is 1.54. The molecule has 0 aliphatic carbocycles. The summed E-state index contributed by atoms with van der Waals surface area (Å²) >= 11 is 0. The predicted molar refractivity (Wildman–Crippen MR) is 94.4 cm³/mol. The third-order valence-electron chi connectivity index (χ3n) is 4.60. The average Bonchev–Trinajstić information content (AvgIpc) is 2.54. The number of hydrogen-bond donors (Lipinski definition) is 1. The fourth-order valence-electron chi connectivity index (χ4n) is 3.03. The first kappa shape index (κ1) is 16.4. The van der Waals surface area contributed by atoms with Crippen LogP contribution in [-0.4, -0.2) is 48.8 Å². The lowest BCUT2D eigenvalue weighted by molar-refractivity contribution is -0.861. The number of rotatable bonds is 3. The number of quaternary nitrogens is 1. The van der Waals surface area contributed by atoms with Gasteiger partial charge in [0, 0.05) is 6.20 Å². The summed E-state index contributed by atoms with van der Waals surface area (Å²) < 4.78 is -0.222. The quantitative estimate of drug-likeness (QED) is 0.690. The Kier molecular flexibility index (Phi) is 4.26. The summed E-state index contributed by atoms with van der Waals surface area (Å²) in [5.41, 5.74) is 8.77. The van der Waals surface area contributed by atoms with Gasteiger partial charge >= 0.3 is 0 Å². The van der Waals surface area contributed by atoms with Gasteiger partial charge < -0.3 is 20.5 Å². The number of piperazine rings is 1. The summed E-state index contributed by atoms with van der Waals surface area (Å²) in [5, 5.41) is 12.0. The molecule has 0 bridgehead atoms. The molecule has 6 heteroatoms. The van der Waals surface area contributed by atoms with E-state index in [1.165, 1.54) is 0 Å². The molecule has 2 N–H and O–H groups in total. The van der Waals surface area contributed by atoms with Crippen LogP contribution in [0, 0.1) is 12.1 Å². The zero-order valence-electron chi connectivity index (χ0n) is 14.0.